The fourth-order valence-electron chi connectivity index (χ4n) is 1.85. The third-order valence-corrected chi connectivity index (χ3v) is 4.94. The molecule has 5 heteroatoms. The molecule has 0 atom stereocenters. The van der Waals surface area contributed by atoms with E-state index in [9.17, 15) is 4.21 Å². The summed E-state index contributed by atoms with van der Waals surface area (Å²) in [5, 5.41) is 1.54. The molecule has 1 saturated heterocycles. The average molecular weight is 323 g/mol. The Kier molecular flexibility index (Phi) is 4.27. The standard InChI is InChI=1S/C11H13BrClNOS/c12-8-9-10(13)2-1-3-11(9)14-4-6-16(15)7-5-14/h1-3H,4-8H2. The predicted molar refractivity (Wildman–Crippen MR) is 74.2 cm³/mol. The lowest BCUT2D eigenvalue weighted by Crippen LogP contribution is -2.38. The number of rotatable bonds is 2. The molecule has 2 rings (SSSR count). The lowest BCUT2D eigenvalue weighted by molar-refractivity contribution is 0.673. The van der Waals surface area contributed by atoms with Crippen LogP contribution in [0.2, 0.25) is 5.02 Å². The minimum atomic E-state index is -0.635. The summed E-state index contributed by atoms with van der Waals surface area (Å²) in [7, 11) is -0.635. The predicted octanol–water partition coefficient (Wildman–Crippen LogP) is 2.80. The van der Waals surface area contributed by atoms with Crippen LogP contribution in [-0.2, 0) is 16.1 Å². The van der Waals surface area contributed by atoms with E-state index < -0.39 is 10.8 Å². The zero-order chi connectivity index (χ0) is 11.5. The van der Waals surface area contributed by atoms with Gasteiger partial charge in [-0.1, -0.05) is 33.6 Å². The van der Waals surface area contributed by atoms with E-state index in [1.165, 1.54) is 5.69 Å². The van der Waals surface area contributed by atoms with E-state index in [2.05, 4.69) is 26.9 Å². The zero-order valence-electron chi connectivity index (χ0n) is 8.79. The minimum Gasteiger partial charge on any atom is -0.369 e. The number of anilines is 1. The van der Waals surface area contributed by atoms with Gasteiger partial charge in [-0.2, -0.15) is 0 Å². The monoisotopic (exact) mass is 321 g/mol. The molecule has 0 unspecified atom stereocenters. The first-order chi connectivity index (χ1) is 7.72. The van der Waals surface area contributed by atoms with E-state index in [4.69, 9.17) is 11.6 Å². The Morgan fingerprint density at radius 3 is 2.69 bits per heavy atom. The molecule has 0 aliphatic carbocycles. The van der Waals surface area contributed by atoms with Crippen LogP contribution in [0.5, 0.6) is 0 Å². The highest BCUT2D eigenvalue weighted by Crippen LogP contribution is 2.30. The smallest absolute Gasteiger partial charge is 0.0467 e. The maximum absolute atomic E-state index is 11.3. The van der Waals surface area contributed by atoms with Gasteiger partial charge in [-0.15, -0.1) is 0 Å². The molecule has 1 heterocycles. The molecule has 0 saturated carbocycles. The fourth-order valence-corrected chi connectivity index (χ4v) is 3.89. The number of halogens is 2. The SMILES string of the molecule is O=S1CCN(c2cccc(Cl)c2CBr)CC1. The third-order valence-electron chi connectivity index (χ3n) is 2.75. The van der Waals surface area contributed by atoms with Gasteiger partial charge in [0.1, 0.15) is 0 Å². The van der Waals surface area contributed by atoms with Gasteiger partial charge < -0.3 is 4.90 Å². The third kappa shape index (κ3) is 2.60. The van der Waals surface area contributed by atoms with Crippen LogP contribution < -0.4 is 4.90 Å². The summed E-state index contributed by atoms with van der Waals surface area (Å²) in [6.07, 6.45) is 0. The van der Waals surface area contributed by atoms with Crippen molar-refractivity contribution in [2.75, 3.05) is 29.5 Å². The molecule has 1 aliphatic rings. The Bertz CT molecular complexity index is 403. The molecule has 1 aromatic carbocycles. The molecule has 0 spiro atoms. The van der Waals surface area contributed by atoms with Crippen LogP contribution in [0.3, 0.4) is 0 Å². The van der Waals surface area contributed by atoms with E-state index in [0.29, 0.717) is 0 Å². The summed E-state index contributed by atoms with van der Waals surface area (Å²) >= 11 is 9.63. The van der Waals surface area contributed by atoms with Crippen molar-refractivity contribution < 1.29 is 4.21 Å². The summed E-state index contributed by atoms with van der Waals surface area (Å²) in [6, 6.07) is 5.95. The molecule has 16 heavy (non-hydrogen) atoms. The molecule has 0 radical (unpaired) electrons. The Hall–Kier alpha value is -0.0600. The second kappa shape index (κ2) is 5.52. The maximum Gasteiger partial charge on any atom is 0.0467 e. The van der Waals surface area contributed by atoms with Gasteiger partial charge in [-0.3, -0.25) is 4.21 Å². The summed E-state index contributed by atoms with van der Waals surface area (Å²) in [5.41, 5.74) is 2.29. The molecule has 2 nitrogen and oxygen atoms in total. The number of alkyl halides is 1. The summed E-state index contributed by atoms with van der Waals surface area (Å²) in [5.74, 6) is 1.52. The van der Waals surface area contributed by atoms with Gasteiger partial charge >= 0.3 is 0 Å². The number of hydrogen-bond donors (Lipinski definition) is 0. The van der Waals surface area contributed by atoms with Crippen molar-refractivity contribution in [3.63, 3.8) is 0 Å². The lowest BCUT2D eigenvalue weighted by Gasteiger charge is -2.30. The number of benzene rings is 1. The quantitative estimate of drug-likeness (QED) is 0.780. The lowest BCUT2D eigenvalue weighted by atomic mass is 10.2. The van der Waals surface area contributed by atoms with Crippen molar-refractivity contribution in [2.24, 2.45) is 0 Å². The van der Waals surface area contributed by atoms with Gasteiger partial charge in [0.25, 0.3) is 0 Å². The second-order valence-electron chi connectivity index (χ2n) is 3.71. The van der Waals surface area contributed by atoms with Crippen LogP contribution in [-0.4, -0.2) is 28.8 Å². The van der Waals surface area contributed by atoms with E-state index in [0.717, 1.165) is 40.5 Å². The summed E-state index contributed by atoms with van der Waals surface area (Å²) in [4.78, 5) is 2.27. The van der Waals surface area contributed by atoms with Crippen LogP contribution in [0.4, 0.5) is 5.69 Å². The minimum absolute atomic E-state index is 0.635. The molecule has 1 aliphatic heterocycles. The van der Waals surface area contributed by atoms with Crippen molar-refractivity contribution in [3.8, 4) is 0 Å². The molecule has 0 bridgehead atoms. The van der Waals surface area contributed by atoms with Gasteiger partial charge in [0.2, 0.25) is 0 Å². The van der Waals surface area contributed by atoms with E-state index >= 15 is 0 Å². The Morgan fingerprint density at radius 2 is 2.06 bits per heavy atom. The van der Waals surface area contributed by atoms with Gasteiger partial charge in [-0.05, 0) is 12.1 Å². The van der Waals surface area contributed by atoms with Gasteiger partial charge in [-0.25, -0.2) is 0 Å². The van der Waals surface area contributed by atoms with Crippen LogP contribution in [0.1, 0.15) is 5.56 Å². The van der Waals surface area contributed by atoms with E-state index in [-0.39, 0.29) is 0 Å². The highest BCUT2D eigenvalue weighted by Gasteiger charge is 2.18. The van der Waals surface area contributed by atoms with Crippen LogP contribution in [0.25, 0.3) is 0 Å². The van der Waals surface area contributed by atoms with Crippen molar-refractivity contribution in [3.05, 3.63) is 28.8 Å². The van der Waals surface area contributed by atoms with Gasteiger partial charge in [0.05, 0.1) is 0 Å². The topological polar surface area (TPSA) is 20.3 Å². The van der Waals surface area contributed by atoms with Crippen molar-refractivity contribution in [2.45, 2.75) is 5.33 Å². The molecule has 0 aromatic heterocycles. The first-order valence-corrected chi connectivity index (χ1v) is 8.14. The second-order valence-corrected chi connectivity index (χ2v) is 6.37. The van der Waals surface area contributed by atoms with Crippen LogP contribution in [0.15, 0.2) is 18.2 Å². The fraction of sp³-hybridized carbons (Fsp3) is 0.455. The molecule has 0 N–H and O–H groups in total. The number of hydrogen-bond acceptors (Lipinski definition) is 2. The Morgan fingerprint density at radius 1 is 1.38 bits per heavy atom. The van der Waals surface area contributed by atoms with Crippen molar-refractivity contribution in [1.29, 1.82) is 0 Å². The van der Waals surface area contributed by atoms with Crippen LogP contribution >= 0.6 is 27.5 Å². The molecular formula is C11H13BrClNOS. The van der Waals surface area contributed by atoms with E-state index in [1.807, 2.05) is 12.1 Å². The number of nitrogens with zero attached hydrogens (tertiary/aromatic N) is 1. The van der Waals surface area contributed by atoms with Crippen molar-refractivity contribution >= 4 is 44.0 Å². The summed E-state index contributed by atoms with van der Waals surface area (Å²) in [6.45, 7) is 1.71. The molecule has 1 fully saturated rings. The normalized spacial score (nSPS) is 17.8. The van der Waals surface area contributed by atoms with Gasteiger partial charge in [0.15, 0.2) is 0 Å². The van der Waals surface area contributed by atoms with E-state index in [1.54, 1.807) is 0 Å². The highest BCUT2D eigenvalue weighted by atomic mass is 79.9. The average Bonchev–Trinajstić information content (AvgIpc) is 2.30. The molecule has 88 valence electrons. The Balaban J connectivity index is 2.26. The highest BCUT2D eigenvalue weighted by molar-refractivity contribution is 9.08. The Labute approximate surface area is 112 Å². The van der Waals surface area contributed by atoms with Gasteiger partial charge in [0, 0.05) is 57.0 Å². The first kappa shape index (κ1) is 12.4. The largest absolute Gasteiger partial charge is 0.369 e. The zero-order valence-corrected chi connectivity index (χ0v) is 11.9. The first-order valence-electron chi connectivity index (χ1n) is 5.15. The van der Waals surface area contributed by atoms with Crippen LogP contribution in [0, 0.1) is 0 Å². The molecule has 1 aromatic rings. The van der Waals surface area contributed by atoms with Crippen molar-refractivity contribution in [1.82, 2.24) is 0 Å². The summed E-state index contributed by atoms with van der Waals surface area (Å²) < 4.78 is 11.3. The maximum atomic E-state index is 11.3. The molecular weight excluding hydrogens is 310 g/mol. The molecule has 0 amide bonds.